The van der Waals surface area contributed by atoms with E-state index in [1.165, 1.54) is 24.3 Å². The summed E-state index contributed by atoms with van der Waals surface area (Å²) in [4.78, 5) is 63.0. The average molecular weight is 1400 g/mol. The Morgan fingerprint density at radius 2 is 1.03 bits per heavy atom. The van der Waals surface area contributed by atoms with Gasteiger partial charge in [0.1, 0.15) is 24.6 Å². The molecule has 0 fully saturated rings. The van der Waals surface area contributed by atoms with E-state index in [0.29, 0.717) is 61.3 Å². The Morgan fingerprint density at radius 3 is 1.52 bits per heavy atom. The Hall–Kier alpha value is -7.92. The molecule has 2 amide bonds. The van der Waals surface area contributed by atoms with Crippen LogP contribution in [0.1, 0.15) is 152 Å². The van der Waals surface area contributed by atoms with Gasteiger partial charge in [0.2, 0.25) is 11.8 Å². The first-order chi connectivity index (χ1) is 59.5. The third-order valence-corrected chi connectivity index (χ3v) is 15.7. The van der Waals surface area contributed by atoms with E-state index in [1.54, 1.807) is 0 Å². The van der Waals surface area contributed by atoms with Gasteiger partial charge in [0, 0.05) is 96.3 Å². The van der Waals surface area contributed by atoms with E-state index in [-0.39, 0.29) is 73.1 Å². The molecule has 0 spiro atoms. The number of halogens is 8. The second kappa shape index (κ2) is 32.9. The van der Waals surface area contributed by atoms with Gasteiger partial charge in [-0.05, 0) is 163 Å². The molecule has 0 saturated carbocycles. The number of benzene rings is 6. The van der Waals surface area contributed by atoms with Gasteiger partial charge in [-0.2, -0.15) is 36.3 Å². The molecule has 6 aromatic carbocycles. The highest BCUT2D eigenvalue weighted by Crippen LogP contribution is 2.36. The first-order valence-corrected chi connectivity index (χ1v) is 30.4. The molecule has 22 heteroatoms. The van der Waals surface area contributed by atoms with Crippen LogP contribution in [0, 0.1) is 24.5 Å². The van der Waals surface area contributed by atoms with Crippen LogP contribution in [0.5, 0.6) is 0 Å². The molecule has 0 N–H and O–H groups in total. The average Bonchev–Trinajstić information content (AvgIpc) is 1.48. The molecular formula is C74H80F8N8O4S2. The topological polar surface area (TPSA) is 117 Å². The molecule has 2 aliphatic rings. The first kappa shape index (κ1) is 38.3. The summed E-state index contributed by atoms with van der Waals surface area (Å²) < 4.78 is 428. The van der Waals surface area contributed by atoms with Crippen LogP contribution in [0.4, 0.5) is 35.1 Å². The van der Waals surface area contributed by atoms with Crippen molar-refractivity contribution in [3.05, 3.63) is 233 Å². The highest BCUT2D eigenvalue weighted by molar-refractivity contribution is 7.98. The van der Waals surface area contributed by atoms with Crippen LogP contribution in [0.15, 0.2) is 159 Å². The van der Waals surface area contributed by atoms with Crippen LogP contribution >= 0.6 is 23.5 Å². The number of amides is 2. The van der Waals surface area contributed by atoms with Crippen LogP contribution in [0.3, 0.4) is 0 Å². The summed E-state index contributed by atoms with van der Waals surface area (Å²) in [6.07, 6.45) is -16.6. The van der Waals surface area contributed by atoms with Crippen molar-refractivity contribution in [3.63, 3.8) is 0 Å². The van der Waals surface area contributed by atoms with E-state index in [9.17, 15) is 61.2 Å². The molecule has 0 bridgehead atoms. The van der Waals surface area contributed by atoms with Gasteiger partial charge in [-0.15, -0.1) is 0 Å². The summed E-state index contributed by atoms with van der Waals surface area (Å²) in [7, 11) is 0. The fourth-order valence-electron chi connectivity index (χ4n) is 8.95. The predicted molar refractivity (Wildman–Crippen MR) is 362 cm³/mol. The minimum atomic E-state index is -5.28. The monoisotopic (exact) mass is 1400 g/mol. The van der Waals surface area contributed by atoms with Crippen molar-refractivity contribution in [2.75, 3.05) is 52.0 Å². The van der Waals surface area contributed by atoms with Crippen molar-refractivity contribution in [3.8, 4) is 22.3 Å². The van der Waals surface area contributed by atoms with Crippen molar-refractivity contribution < 1.29 is 94.1 Å². The quantitative estimate of drug-likeness (QED) is 0.0295. The van der Waals surface area contributed by atoms with E-state index < -0.39 is 256 Å². The molecule has 1 unspecified atom stereocenters. The van der Waals surface area contributed by atoms with Crippen molar-refractivity contribution in [1.82, 2.24) is 38.7 Å². The number of carbonyl (C=O) groups is 2. The minimum absolute atomic E-state index is 0.00999. The third-order valence-electron chi connectivity index (χ3n) is 13.7. The fraction of sp³-hybridized carbons (Fsp3) is 0.378. The number of alkyl halides is 6. The van der Waals surface area contributed by atoms with E-state index in [2.05, 4.69) is 9.97 Å². The lowest BCUT2D eigenvalue weighted by atomic mass is 9.98. The van der Waals surface area contributed by atoms with Crippen LogP contribution in [-0.4, -0.2) is 102 Å². The Kier molecular flexibility index (Phi) is 13.1. The minimum Gasteiger partial charge on any atom is -0.336 e. The summed E-state index contributed by atoms with van der Waals surface area (Å²) in [5, 5.41) is -1.50. The lowest BCUT2D eigenvalue weighted by Gasteiger charge is -2.28. The number of hydrogen-bond acceptors (Lipinski definition) is 10. The van der Waals surface area contributed by atoms with Crippen LogP contribution in [-0.2, 0) is 85.0 Å². The second-order valence-corrected chi connectivity index (χ2v) is 22.1. The van der Waals surface area contributed by atoms with E-state index in [4.69, 9.17) is 32.9 Å². The molecule has 2 aliphatic carbocycles. The molecule has 508 valence electrons. The van der Waals surface area contributed by atoms with Gasteiger partial charge in [0.15, 0.2) is 10.3 Å². The molecule has 2 aromatic heterocycles. The molecule has 0 saturated heterocycles. The SMILES string of the molecule is [2H]C([2H])(C)N(C([2H])([2H])C)C([2H])([2H])C([2H])([2H])N(C(=O)C([2H])([2H])n1c(SCc2ccc(F)cc2)nc(=O)c2c1C([2H])([2H])C([2H])(C)C2([2H])[2H])C([2H])([2H])c1ccc(-c2ccc(C(F)(F)F)cc2)cc1.[2H]c1c([2H])c(C([2H])([2H])N(C(=O)C([2H])([2H])n2c(SCc3ccc(F)cc3)nc(=O)c3c2CCC3)C([2H])([2H])C([2H])([2H])N(C([2H])([2H])C)C([2H])([2H])C)c([2H])c([2H])c1-c1c([2H])c([2H])c(C(F)(F)F)c(C)c1[2H]. The normalized spacial score (nSPS) is 22.7. The van der Waals surface area contributed by atoms with Gasteiger partial charge in [-0.25, -0.2) is 8.78 Å². The molecule has 2 heterocycles. The molecule has 0 aliphatic heterocycles. The number of carbonyl (C=O) groups excluding carboxylic acids is 2. The maximum atomic E-state index is 15.3. The van der Waals surface area contributed by atoms with Crippen molar-refractivity contribution >= 4 is 35.3 Å². The van der Waals surface area contributed by atoms with E-state index in [0.717, 1.165) is 86.6 Å². The molecule has 12 nitrogen and oxygen atoms in total. The van der Waals surface area contributed by atoms with Gasteiger partial charge in [0.05, 0.1) is 37.2 Å². The zero-order valence-electron chi connectivity index (χ0n) is 87.3. The standard InChI is InChI=1S/2C37H40F4N4O2S/c1-4-43(5-2)18-19-44(22-26-6-10-28(11-7-26)29-12-14-30(15-13-29)37(39,40)41)34(46)23-45-33-21-25(3)20-32(33)35(47)42-36(45)48-24-27-8-16-31(38)17-9-27;1-4-43(5-2)19-20-44(22-26-9-13-28(14-10-26)29-15-18-32(25(3)21-29)37(39,40)41)34(46)23-45-33-8-6-7-31(33)35(47)42-36(45)48-24-27-11-16-30(38)17-12-27/h6-17,25H,4-5,18-24H2,1-3H3;9-18,21H,4-8,19-20,22-24H2,1-3H3/i4D2,5D2,18D2,19D2,20D2,21D2,22D2,23D2,25D;4D2,5D2,9D,10D,13D,14D,15D,18D,19D2,20D2,21D,22D2,23D2. The van der Waals surface area contributed by atoms with Crippen molar-refractivity contribution in [1.29, 1.82) is 0 Å². The number of likely N-dealkylation sites (N-methyl/N-ethyl adjacent to an activating group) is 2. The van der Waals surface area contributed by atoms with Gasteiger partial charge >= 0.3 is 12.4 Å². The molecule has 1 atom stereocenters. The zero-order chi connectivity index (χ0) is 101. The maximum absolute atomic E-state index is 15.3. The summed E-state index contributed by atoms with van der Waals surface area (Å²) in [6, 6.07) is 7.00. The zero-order valence-corrected chi connectivity index (χ0v) is 53.0. The number of nitrogens with zero attached hydrogens (tertiary/aromatic N) is 8. The largest absolute Gasteiger partial charge is 0.416 e. The maximum Gasteiger partial charge on any atom is 0.416 e. The highest BCUT2D eigenvalue weighted by Gasteiger charge is 2.34. The molecular weight excluding hydrogens is 1280 g/mol. The predicted octanol–water partition coefficient (Wildman–Crippen LogP) is 15.0. The smallest absolute Gasteiger partial charge is 0.336 e. The lowest BCUT2D eigenvalue weighted by Crippen LogP contribution is -2.40. The number of thioether (sulfide) groups is 2. The van der Waals surface area contributed by atoms with Crippen LogP contribution in [0.2, 0.25) is 0 Å². The van der Waals surface area contributed by atoms with Gasteiger partial charge in [0.25, 0.3) is 11.1 Å². The fourth-order valence-corrected chi connectivity index (χ4v) is 10.8. The number of rotatable bonds is 26. The molecule has 96 heavy (non-hydrogen) atoms. The van der Waals surface area contributed by atoms with E-state index in [1.807, 2.05) is 0 Å². The summed E-state index contributed by atoms with van der Waals surface area (Å²) in [5.74, 6) is -9.65. The third kappa shape index (κ3) is 19.0. The Balaban J connectivity index is 0.000000297. The van der Waals surface area contributed by atoms with Crippen molar-refractivity contribution in [2.45, 2.75) is 134 Å². The Bertz CT molecular complexity index is 5850. The summed E-state index contributed by atoms with van der Waals surface area (Å²) in [6.45, 7) is -42.6. The van der Waals surface area contributed by atoms with Crippen LogP contribution in [0.25, 0.3) is 22.3 Å². The van der Waals surface area contributed by atoms with Gasteiger partial charge < -0.3 is 28.7 Å². The summed E-state index contributed by atoms with van der Waals surface area (Å²) >= 11 is 1.03. The Labute approximate surface area is 614 Å². The second-order valence-electron chi connectivity index (χ2n) is 20.2. The molecule has 10 rings (SSSR count). The number of aromatic nitrogens is 4. The highest BCUT2D eigenvalue weighted by atomic mass is 32.2. The van der Waals surface area contributed by atoms with Gasteiger partial charge in [-0.3, -0.25) is 19.2 Å². The number of hydrogen-bond donors (Lipinski definition) is 0. The Morgan fingerprint density at radius 1 is 0.573 bits per heavy atom. The van der Waals surface area contributed by atoms with Crippen molar-refractivity contribution in [2.24, 2.45) is 5.89 Å². The molecule has 0 radical (unpaired) electrons. The van der Waals surface area contributed by atoms with Crippen LogP contribution < -0.4 is 11.1 Å². The first-order valence-electron chi connectivity index (χ1n) is 46.4. The summed E-state index contributed by atoms with van der Waals surface area (Å²) in [5.41, 5.74) is -12.5. The molecule has 8 aromatic rings. The van der Waals surface area contributed by atoms with E-state index >= 15 is 9.59 Å². The number of fused-ring (bicyclic) bond motifs is 2. The lowest BCUT2D eigenvalue weighted by molar-refractivity contribution is -0.138. The van der Waals surface area contributed by atoms with Gasteiger partial charge in [-0.1, -0.05) is 155 Å².